The molecule has 0 bridgehead atoms. The molecule has 0 amide bonds. The van der Waals surface area contributed by atoms with E-state index in [1.807, 2.05) is 84.9 Å². The monoisotopic (exact) mass is 674 g/mol. The minimum absolute atomic E-state index is 0.0559. The van der Waals surface area contributed by atoms with Gasteiger partial charge in [0.05, 0.1) is 20.3 Å². The van der Waals surface area contributed by atoms with Crippen molar-refractivity contribution in [3.8, 4) is 17.2 Å². The van der Waals surface area contributed by atoms with E-state index in [-0.39, 0.29) is 13.2 Å². The van der Waals surface area contributed by atoms with E-state index in [0.29, 0.717) is 5.75 Å². The first-order valence-electron chi connectivity index (χ1n) is 18.5. The average molecular weight is 675 g/mol. The topological polar surface area (TPSA) is 57.2 Å². The summed E-state index contributed by atoms with van der Waals surface area (Å²) in [6.07, 6.45) is 12.2. The number of benzene rings is 5. The highest BCUT2D eigenvalue weighted by Crippen LogP contribution is 2.41. The van der Waals surface area contributed by atoms with Gasteiger partial charge in [-0.3, -0.25) is 0 Å². The zero-order valence-electron chi connectivity index (χ0n) is 29.9. The summed E-state index contributed by atoms with van der Waals surface area (Å²) in [7, 11) is 1.66. The van der Waals surface area contributed by atoms with Crippen molar-refractivity contribution in [1.29, 1.82) is 0 Å². The van der Waals surface area contributed by atoms with Gasteiger partial charge in [-0.2, -0.15) is 0 Å². The first-order valence-corrected chi connectivity index (χ1v) is 18.5. The Morgan fingerprint density at radius 1 is 0.520 bits per heavy atom. The van der Waals surface area contributed by atoms with Gasteiger partial charge in [0.15, 0.2) is 0 Å². The SMILES string of the molecule is CCCCCCCCCCCCOc1ccc2ccc(OCC(O)COC(c3ccccc3)(c3ccccc3)c3ccc(OC)cc3)cc2c1. The maximum atomic E-state index is 11.2. The van der Waals surface area contributed by atoms with Crippen molar-refractivity contribution in [2.45, 2.75) is 82.8 Å². The number of rotatable bonds is 22. The fourth-order valence-corrected chi connectivity index (χ4v) is 6.55. The third-order valence-corrected chi connectivity index (χ3v) is 9.34. The molecule has 0 aliphatic carbocycles. The molecule has 5 aromatic rings. The van der Waals surface area contributed by atoms with Crippen LogP contribution in [0.4, 0.5) is 0 Å². The van der Waals surface area contributed by atoms with Gasteiger partial charge >= 0.3 is 0 Å². The normalized spacial score (nSPS) is 12.1. The van der Waals surface area contributed by atoms with Gasteiger partial charge < -0.3 is 24.1 Å². The molecule has 0 fully saturated rings. The van der Waals surface area contributed by atoms with Crippen LogP contribution in [0.3, 0.4) is 0 Å². The second-order valence-electron chi connectivity index (χ2n) is 13.1. The van der Waals surface area contributed by atoms with Gasteiger partial charge in [-0.15, -0.1) is 0 Å². The summed E-state index contributed by atoms with van der Waals surface area (Å²) in [5.41, 5.74) is 1.91. The summed E-state index contributed by atoms with van der Waals surface area (Å²) in [6.45, 7) is 3.14. The van der Waals surface area contributed by atoms with E-state index < -0.39 is 11.7 Å². The van der Waals surface area contributed by atoms with Crippen molar-refractivity contribution < 1.29 is 24.1 Å². The van der Waals surface area contributed by atoms with Crippen LogP contribution in [0, 0.1) is 0 Å². The molecule has 1 N–H and O–H groups in total. The van der Waals surface area contributed by atoms with Crippen LogP contribution in [0.5, 0.6) is 17.2 Å². The van der Waals surface area contributed by atoms with Crippen molar-refractivity contribution in [3.05, 3.63) is 138 Å². The van der Waals surface area contributed by atoms with E-state index in [1.165, 1.54) is 57.8 Å². The Hall–Kier alpha value is -4.32. The minimum Gasteiger partial charge on any atom is -0.497 e. The fourth-order valence-electron chi connectivity index (χ4n) is 6.55. The molecule has 5 aromatic carbocycles. The molecule has 0 aliphatic rings. The molecule has 0 radical (unpaired) electrons. The Morgan fingerprint density at radius 3 is 1.58 bits per heavy atom. The number of aliphatic hydroxyl groups excluding tert-OH is 1. The van der Waals surface area contributed by atoms with Crippen molar-refractivity contribution in [1.82, 2.24) is 0 Å². The van der Waals surface area contributed by atoms with Crippen LogP contribution in [-0.2, 0) is 10.3 Å². The molecule has 0 aromatic heterocycles. The molecule has 5 rings (SSSR count). The zero-order valence-corrected chi connectivity index (χ0v) is 29.9. The van der Waals surface area contributed by atoms with Crippen molar-refractivity contribution in [2.24, 2.45) is 0 Å². The van der Waals surface area contributed by atoms with Gasteiger partial charge in [-0.05, 0) is 70.3 Å². The van der Waals surface area contributed by atoms with Crippen molar-refractivity contribution >= 4 is 10.8 Å². The largest absolute Gasteiger partial charge is 0.497 e. The molecule has 0 saturated heterocycles. The number of hydrogen-bond donors (Lipinski definition) is 1. The van der Waals surface area contributed by atoms with E-state index in [1.54, 1.807) is 7.11 Å². The lowest BCUT2D eigenvalue weighted by Crippen LogP contribution is -2.37. The van der Waals surface area contributed by atoms with Crippen LogP contribution in [0.1, 0.15) is 87.8 Å². The lowest BCUT2D eigenvalue weighted by molar-refractivity contribution is -0.0493. The van der Waals surface area contributed by atoms with Gasteiger partial charge in [0.1, 0.15) is 35.6 Å². The Balaban J connectivity index is 1.17. The van der Waals surface area contributed by atoms with Gasteiger partial charge in [-0.1, -0.05) is 150 Å². The van der Waals surface area contributed by atoms with Crippen LogP contribution in [-0.4, -0.2) is 38.1 Å². The fraction of sp³-hybridized carbons (Fsp3) is 0.378. The maximum Gasteiger partial charge on any atom is 0.143 e. The Labute approximate surface area is 299 Å². The Kier molecular flexibility index (Phi) is 14.6. The summed E-state index contributed by atoms with van der Waals surface area (Å²) in [4.78, 5) is 0. The molecule has 0 spiro atoms. The lowest BCUT2D eigenvalue weighted by Gasteiger charge is -2.36. The second-order valence-corrected chi connectivity index (χ2v) is 13.1. The van der Waals surface area contributed by atoms with E-state index in [2.05, 4.69) is 43.3 Å². The molecule has 0 heterocycles. The van der Waals surface area contributed by atoms with Crippen molar-refractivity contribution in [3.63, 3.8) is 0 Å². The highest BCUT2D eigenvalue weighted by Gasteiger charge is 2.38. The smallest absolute Gasteiger partial charge is 0.143 e. The quantitative estimate of drug-likeness (QED) is 0.0585. The highest BCUT2D eigenvalue weighted by atomic mass is 16.5. The van der Waals surface area contributed by atoms with Gasteiger partial charge in [0.25, 0.3) is 0 Å². The van der Waals surface area contributed by atoms with Crippen LogP contribution in [0.15, 0.2) is 121 Å². The van der Waals surface area contributed by atoms with E-state index >= 15 is 0 Å². The molecule has 264 valence electrons. The molecule has 50 heavy (non-hydrogen) atoms. The zero-order chi connectivity index (χ0) is 34.9. The minimum atomic E-state index is -0.955. The van der Waals surface area contributed by atoms with Gasteiger partial charge in [-0.25, -0.2) is 0 Å². The van der Waals surface area contributed by atoms with Crippen LogP contribution in [0.25, 0.3) is 10.8 Å². The van der Waals surface area contributed by atoms with Gasteiger partial charge in [0, 0.05) is 0 Å². The van der Waals surface area contributed by atoms with Crippen molar-refractivity contribution in [2.75, 3.05) is 26.9 Å². The molecule has 0 saturated carbocycles. The molecule has 1 unspecified atom stereocenters. The van der Waals surface area contributed by atoms with Gasteiger partial charge in [0.2, 0.25) is 0 Å². The summed E-state index contributed by atoms with van der Waals surface area (Å²) < 4.78 is 24.5. The number of fused-ring (bicyclic) bond motifs is 1. The Morgan fingerprint density at radius 2 is 1.02 bits per heavy atom. The van der Waals surface area contributed by atoms with Crippen LogP contribution < -0.4 is 14.2 Å². The third-order valence-electron chi connectivity index (χ3n) is 9.34. The maximum absolute atomic E-state index is 11.2. The predicted molar refractivity (Wildman–Crippen MR) is 205 cm³/mol. The number of methoxy groups -OCH3 is 1. The number of hydrogen-bond acceptors (Lipinski definition) is 5. The molecule has 5 nitrogen and oxygen atoms in total. The van der Waals surface area contributed by atoms with Crippen LogP contribution in [0.2, 0.25) is 0 Å². The first-order chi connectivity index (χ1) is 24.6. The number of unbranched alkanes of at least 4 members (excludes halogenated alkanes) is 9. The third kappa shape index (κ3) is 10.3. The summed E-state index contributed by atoms with van der Waals surface area (Å²) in [6, 6.07) is 40.4. The summed E-state index contributed by atoms with van der Waals surface area (Å²) >= 11 is 0. The number of ether oxygens (including phenoxy) is 4. The standard InChI is InChI=1S/C45H54O5/c1-3-4-5-6-7-8-9-10-11-18-31-48-43-27-23-36-24-28-44(33-37(36)32-43)49-34-41(46)35-50-45(38-19-14-12-15-20-38,39-21-16-13-17-22-39)40-25-29-42(47-2)30-26-40/h12-17,19-30,32-33,41,46H,3-11,18,31,34-35H2,1-2H3. The lowest BCUT2D eigenvalue weighted by atomic mass is 9.80. The van der Waals surface area contributed by atoms with Crippen LogP contribution >= 0.6 is 0 Å². The molecule has 0 aliphatic heterocycles. The highest BCUT2D eigenvalue weighted by molar-refractivity contribution is 5.85. The second kappa shape index (κ2) is 19.8. The van der Waals surface area contributed by atoms with E-state index in [4.69, 9.17) is 18.9 Å². The molecular formula is C45H54O5. The first kappa shape index (κ1) is 36.9. The summed E-state index contributed by atoms with van der Waals surface area (Å²) in [5.74, 6) is 2.33. The molecular weight excluding hydrogens is 620 g/mol. The molecule has 1 atom stereocenters. The van der Waals surface area contributed by atoms with E-state index in [0.717, 1.165) is 52.0 Å². The summed E-state index contributed by atoms with van der Waals surface area (Å²) in [5, 5.41) is 13.4. The van der Waals surface area contributed by atoms with E-state index in [9.17, 15) is 5.11 Å². The number of aliphatic hydroxyl groups is 1. The predicted octanol–water partition coefficient (Wildman–Crippen LogP) is 10.9. The Bertz CT molecular complexity index is 1630. The average Bonchev–Trinajstić information content (AvgIpc) is 3.17. The molecule has 5 heteroatoms.